The predicted octanol–water partition coefficient (Wildman–Crippen LogP) is 2.97. The van der Waals surface area contributed by atoms with Gasteiger partial charge in [-0.25, -0.2) is 0 Å². The molecule has 0 spiro atoms. The van der Waals surface area contributed by atoms with Crippen LogP contribution in [0.2, 0.25) is 0 Å². The molecular weight excluding hydrogens is 336 g/mol. The van der Waals surface area contributed by atoms with E-state index in [4.69, 9.17) is 4.74 Å². The van der Waals surface area contributed by atoms with Gasteiger partial charge < -0.3 is 15.4 Å². The van der Waals surface area contributed by atoms with Crippen molar-refractivity contribution in [3.8, 4) is 0 Å². The molecule has 5 heteroatoms. The first kappa shape index (κ1) is 20.2. The number of rotatable bonds is 6. The van der Waals surface area contributed by atoms with E-state index in [1.165, 1.54) is 30.5 Å². The first-order valence-electron chi connectivity index (χ1n) is 10.5. The minimum absolute atomic E-state index is 0.208. The van der Waals surface area contributed by atoms with Gasteiger partial charge >= 0.3 is 0 Å². The molecule has 1 aromatic rings. The third-order valence-electron chi connectivity index (χ3n) is 5.66. The van der Waals surface area contributed by atoms with Crippen LogP contribution in [0.5, 0.6) is 0 Å². The Morgan fingerprint density at radius 3 is 2.74 bits per heavy atom. The second kappa shape index (κ2) is 9.56. The van der Waals surface area contributed by atoms with E-state index < -0.39 is 0 Å². The Bertz CT molecular complexity index is 613. The third kappa shape index (κ3) is 5.69. The van der Waals surface area contributed by atoms with Crippen molar-refractivity contribution >= 4 is 5.96 Å². The fourth-order valence-corrected chi connectivity index (χ4v) is 4.12. The lowest BCUT2D eigenvalue weighted by Crippen LogP contribution is -2.51. The zero-order valence-corrected chi connectivity index (χ0v) is 17.4. The number of benzene rings is 1. The maximum atomic E-state index is 6.03. The number of hydrogen-bond acceptors (Lipinski definition) is 3. The largest absolute Gasteiger partial charge is 0.373 e. The highest BCUT2D eigenvalue weighted by atomic mass is 16.5. The van der Waals surface area contributed by atoms with Crippen LogP contribution in [0.25, 0.3) is 0 Å². The van der Waals surface area contributed by atoms with Crippen molar-refractivity contribution in [2.75, 3.05) is 33.3 Å². The summed E-state index contributed by atoms with van der Waals surface area (Å²) in [5, 5.41) is 6.94. The number of ether oxygens (including phenoxy) is 1. The lowest BCUT2D eigenvalue weighted by Gasteiger charge is -2.35. The SMILES string of the molecule is CN=C(NCC1CN2CCCC2CO1)NC(C)c1ccc(CC(C)C)cc1. The molecule has 2 fully saturated rings. The molecule has 1 aromatic carbocycles. The van der Waals surface area contributed by atoms with E-state index in [2.05, 4.69) is 65.6 Å². The maximum absolute atomic E-state index is 6.03. The highest BCUT2D eigenvalue weighted by molar-refractivity contribution is 5.80. The minimum atomic E-state index is 0.208. The van der Waals surface area contributed by atoms with E-state index >= 15 is 0 Å². The standard InChI is InChI=1S/C22H36N4O/c1-16(2)12-18-7-9-19(10-8-18)17(3)25-22(23-4)24-13-21-14-26-11-5-6-20(26)15-27-21/h7-10,16-17,20-21H,5-6,11-15H2,1-4H3,(H2,23,24,25). The van der Waals surface area contributed by atoms with Gasteiger partial charge in [0.25, 0.3) is 0 Å². The molecule has 2 N–H and O–H groups in total. The first-order chi connectivity index (χ1) is 13.0. The van der Waals surface area contributed by atoms with Gasteiger partial charge in [0.05, 0.1) is 18.8 Å². The zero-order chi connectivity index (χ0) is 19.2. The summed E-state index contributed by atoms with van der Waals surface area (Å²) in [7, 11) is 1.83. The molecule has 2 aliphatic heterocycles. The van der Waals surface area contributed by atoms with Crippen molar-refractivity contribution in [3.63, 3.8) is 0 Å². The minimum Gasteiger partial charge on any atom is -0.373 e. The molecule has 2 saturated heterocycles. The van der Waals surface area contributed by atoms with E-state index in [1.807, 2.05) is 7.05 Å². The Hall–Kier alpha value is -1.59. The van der Waals surface area contributed by atoms with Crippen molar-refractivity contribution < 1.29 is 4.74 Å². The predicted molar refractivity (Wildman–Crippen MR) is 112 cm³/mol. The summed E-state index contributed by atoms with van der Waals surface area (Å²) in [6.45, 7) is 10.6. The van der Waals surface area contributed by atoms with Crippen LogP contribution in [0.1, 0.15) is 50.8 Å². The molecule has 2 heterocycles. The van der Waals surface area contributed by atoms with Crippen molar-refractivity contribution in [3.05, 3.63) is 35.4 Å². The van der Waals surface area contributed by atoms with Gasteiger partial charge in [-0.15, -0.1) is 0 Å². The molecule has 3 atom stereocenters. The van der Waals surface area contributed by atoms with Crippen LogP contribution in [0, 0.1) is 5.92 Å². The Kier molecular flexibility index (Phi) is 7.13. The van der Waals surface area contributed by atoms with Gasteiger partial charge in [0.2, 0.25) is 0 Å². The van der Waals surface area contributed by atoms with E-state index in [9.17, 15) is 0 Å². The van der Waals surface area contributed by atoms with Crippen molar-refractivity contribution in [2.45, 2.75) is 58.2 Å². The number of nitrogens with one attached hydrogen (secondary N) is 2. The monoisotopic (exact) mass is 372 g/mol. The summed E-state index contributed by atoms with van der Waals surface area (Å²) < 4.78 is 6.03. The topological polar surface area (TPSA) is 48.9 Å². The highest BCUT2D eigenvalue weighted by Gasteiger charge is 2.32. The fraction of sp³-hybridized carbons (Fsp3) is 0.682. The lowest BCUT2D eigenvalue weighted by atomic mass is 10.00. The summed E-state index contributed by atoms with van der Waals surface area (Å²) in [6, 6.07) is 9.79. The summed E-state index contributed by atoms with van der Waals surface area (Å²) in [4.78, 5) is 6.96. The van der Waals surface area contributed by atoms with Gasteiger partial charge in [-0.2, -0.15) is 0 Å². The van der Waals surface area contributed by atoms with E-state index in [0.29, 0.717) is 12.0 Å². The molecule has 0 radical (unpaired) electrons. The quantitative estimate of drug-likeness (QED) is 0.595. The second-order valence-corrected chi connectivity index (χ2v) is 8.41. The maximum Gasteiger partial charge on any atom is 0.191 e. The van der Waals surface area contributed by atoms with Gasteiger partial charge in [-0.3, -0.25) is 9.89 Å². The van der Waals surface area contributed by atoms with Crippen LogP contribution < -0.4 is 10.6 Å². The van der Waals surface area contributed by atoms with Crippen LogP contribution in [0.15, 0.2) is 29.3 Å². The molecule has 3 rings (SSSR count). The molecule has 0 saturated carbocycles. The summed E-state index contributed by atoms with van der Waals surface area (Å²) in [5.74, 6) is 1.52. The first-order valence-corrected chi connectivity index (χ1v) is 10.5. The molecule has 3 unspecified atom stereocenters. The van der Waals surface area contributed by atoms with Gasteiger partial charge in [0, 0.05) is 26.2 Å². The Balaban J connectivity index is 1.46. The zero-order valence-electron chi connectivity index (χ0n) is 17.4. The van der Waals surface area contributed by atoms with Gasteiger partial charge in [0.15, 0.2) is 5.96 Å². The number of hydrogen-bond donors (Lipinski definition) is 2. The van der Waals surface area contributed by atoms with Crippen LogP contribution in [0.4, 0.5) is 0 Å². The molecule has 150 valence electrons. The molecule has 2 aliphatic rings. The normalized spacial score (nSPS) is 24.7. The molecule has 0 bridgehead atoms. The van der Waals surface area contributed by atoms with Crippen molar-refractivity contribution in [1.29, 1.82) is 0 Å². The van der Waals surface area contributed by atoms with Crippen LogP contribution in [0.3, 0.4) is 0 Å². The Labute approximate surface area is 164 Å². The molecule has 0 aromatic heterocycles. The van der Waals surface area contributed by atoms with Gasteiger partial charge in [-0.05, 0) is 49.8 Å². The van der Waals surface area contributed by atoms with Gasteiger partial charge in [0.1, 0.15) is 0 Å². The highest BCUT2D eigenvalue weighted by Crippen LogP contribution is 2.22. The van der Waals surface area contributed by atoms with Gasteiger partial charge in [-0.1, -0.05) is 38.1 Å². The number of guanidine groups is 1. The molecule has 5 nitrogen and oxygen atoms in total. The van der Waals surface area contributed by atoms with E-state index in [-0.39, 0.29) is 12.1 Å². The van der Waals surface area contributed by atoms with Crippen molar-refractivity contribution in [1.82, 2.24) is 15.5 Å². The van der Waals surface area contributed by atoms with E-state index in [1.54, 1.807) is 0 Å². The van der Waals surface area contributed by atoms with Crippen molar-refractivity contribution in [2.24, 2.45) is 10.9 Å². The van der Waals surface area contributed by atoms with E-state index in [0.717, 1.165) is 32.1 Å². The smallest absolute Gasteiger partial charge is 0.191 e. The molecule has 0 aliphatic carbocycles. The molecule has 27 heavy (non-hydrogen) atoms. The number of fused-ring (bicyclic) bond motifs is 1. The Morgan fingerprint density at radius 2 is 2.04 bits per heavy atom. The van der Waals surface area contributed by atoms with Crippen LogP contribution in [-0.4, -0.2) is 56.3 Å². The average molecular weight is 373 g/mol. The summed E-state index contributed by atoms with van der Waals surface area (Å²) in [5.41, 5.74) is 2.68. The number of nitrogens with zero attached hydrogens (tertiary/aromatic N) is 2. The second-order valence-electron chi connectivity index (χ2n) is 8.41. The molecular formula is C22H36N4O. The fourth-order valence-electron chi connectivity index (χ4n) is 4.12. The number of aliphatic imine (C=N–C) groups is 1. The summed E-state index contributed by atoms with van der Waals surface area (Å²) in [6.07, 6.45) is 3.97. The Morgan fingerprint density at radius 1 is 1.26 bits per heavy atom. The molecule has 0 amide bonds. The summed E-state index contributed by atoms with van der Waals surface area (Å²) >= 11 is 0. The van der Waals surface area contributed by atoms with Crippen LogP contribution in [-0.2, 0) is 11.2 Å². The van der Waals surface area contributed by atoms with Crippen LogP contribution >= 0.6 is 0 Å². The average Bonchev–Trinajstić information content (AvgIpc) is 3.12. The number of morpholine rings is 1. The third-order valence-corrected chi connectivity index (χ3v) is 5.66. The lowest BCUT2D eigenvalue weighted by molar-refractivity contribution is -0.0453.